The van der Waals surface area contributed by atoms with E-state index in [-0.39, 0.29) is 17.2 Å². The van der Waals surface area contributed by atoms with Crippen molar-refractivity contribution in [3.63, 3.8) is 0 Å². The van der Waals surface area contributed by atoms with Crippen LogP contribution in [0.1, 0.15) is 16.8 Å². The van der Waals surface area contributed by atoms with Crippen LogP contribution in [0.3, 0.4) is 0 Å². The lowest BCUT2D eigenvalue weighted by Crippen LogP contribution is -2.31. The number of amides is 1. The minimum atomic E-state index is -0.398. The van der Waals surface area contributed by atoms with Crippen molar-refractivity contribution in [2.45, 2.75) is 6.42 Å². The van der Waals surface area contributed by atoms with Gasteiger partial charge in [0.05, 0.1) is 17.9 Å². The highest BCUT2D eigenvalue weighted by Crippen LogP contribution is 2.34. The van der Waals surface area contributed by atoms with E-state index >= 15 is 0 Å². The first-order valence-corrected chi connectivity index (χ1v) is 6.73. The number of hydrogen-bond donors (Lipinski definition) is 2. The molecule has 0 fully saturated rings. The molecule has 0 aromatic heterocycles. The number of ether oxygens (including phenoxy) is 1. The van der Waals surface area contributed by atoms with Crippen molar-refractivity contribution in [2.75, 3.05) is 18.1 Å². The van der Waals surface area contributed by atoms with Gasteiger partial charge in [0, 0.05) is 6.54 Å². The Morgan fingerprint density at radius 1 is 1.10 bits per heavy atom. The molecule has 2 N–H and O–H groups in total. The minimum Gasteiger partial charge on any atom is -0.504 e. The maximum absolute atomic E-state index is 12.7. The molecule has 1 amide bonds. The SMILES string of the molecule is O=C(c1cccc(O)c1O)N1CCCOc2ccccc21. The van der Waals surface area contributed by atoms with Crippen LogP contribution in [0.4, 0.5) is 5.69 Å². The van der Waals surface area contributed by atoms with Gasteiger partial charge in [0.15, 0.2) is 11.5 Å². The number of phenolic OH excluding ortho intramolecular Hbond substituents is 2. The highest BCUT2D eigenvalue weighted by atomic mass is 16.5. The molecule has 0 saturated heterocycles. The van der Waals surface area contributed by atoms with Crippen molar-refractivity contribution < 1.29 is 19.7 Å². The summed E-state index contributed by atoms with van der Waals surface area (Å²) in [6.07, 6.45) is 0.694. The number of nitrogens with zero attached hydrogens (tertiary/aromatic N) is 1. The molecule has 1 aliphatic rings. The summed E-state index contributed by atoms with van der Waals surface area (Å²) in [6, 6.07) is 11.6. The Bertz CT molecular complexity index is 684. The fraction of sp³-hybridized carbons (Fsp3) is 0.188. The Hall–Kier alpha value is -2.69. The highest BCUT2D eigenvalue weighted by Gasteiger charge is 2.25. The van der Waals surface area contributed by atoms with E-state index in [1.807, 2.05) is 18.2 Å². The molecule has 0 saturated carbocycles. The minimum absolute atomic E-state index is 0.0757. The monoisotopic (exact) mass is 285 g/mol. The molecule has 2 aromatic rings. The zero-order chi connectivity index (χ0) is 14.8. The summed E-state index contributed by atoms with van der Waals surface area (Å²) in [5.74, 6) is -0.422. The summed E-state index contributed by atoms with van der Waals surface area (Å²) < 4.78 is 5.61. The Morgan fingerprint density at radius 2 is 1.90 bits per heavy atom. The topological polar surface area (TPSA) is 70.0 Å². The summed E-state index contributed by atoms with van der Waals surface area (Å²) in [6.45, 7) is 1.03. The van der Waals surface area contributed by atoms with Crippen molar-refractivity contribution in [3.8, 4) is 17.2 Å². The first-order chi connectivity index (χ1) is 10.2. The number of rotatable bonds is 1. The second-order valence-electron chi connectivity index (χ2n) is 4.80. The average molecular weight is 285 g/mol. The zero-order valence-corrected chi connectivity index (χ0v) is 11.3. The van der Waals surface area contributed by atoms with Crippen molar-refractivity contribution in [3.05, 3.63) is 48.0 Å². The Morgan fingerprint density at radius 3 is 2.76 bits per heavy atom. The number of anilines is 1. The van der Waals surface area contributed by atoms with E-state index in [1.54, 1.807) is 11.0 Å². The Kier molecular flexibility index (Phi) is 3.39. The van der Waals surface area contributed by atoms with Crippen LogP contribution in [0.25, 0.3) is 0 Å². The molecule has 2 aromatic carbocycles. The molecule has 0 unspecified atom stereocenters. The lowest BCUT2D eigenvalue weighted by Gasteiger charge is -2.22. The summed E-state index contributed by atoms with van der Waals surface area (Å²) in [7, 11) is 0. The summed E-state index contributed by atoms with van der Waals surface area (Å²) >= 11 is 0. The molecular weight excluding hydrogens is 270 g/mol. The molecule has 0 atom stereocenters. The first kappa shape index (κ1) is 13.3. The lowest BCUT2D eigenvalue weighted by atomic mass is 10.1. The number of benzene rings is 2. The number of para-hydroxylation sites is 3. The lowest BCUT2D eigenvalue weighted by molar-refractivity contribution is 0.0984. The molecule has 0 bridgehead atoms. The van der Waals surface area contributed by atoms with Crippen LogP contribution < -0.4 is 9.64 Å². The first-order valence-electron chi connectivity index (χ1n) is 6.73. The second kappa shape index (κ2) is 5.36. The van der Waals surface area contributed by atoms with E-state index in [4.69, 9.17) is 4.74 Å². The van der Waals surface area contributed by atoms with E-state index in [9.17, 15) is 15.0 Å². The third-order valence-corrected chi connectivity index (χ3v) is 3.43. The van der Waals surface area contributed by atoms with Crippen molar-refractivity contribution in [1.29, 1.82) is 0 Å². The number of phenols is 2. The third-order valence-electron chi connectivity index (χ3n) is 3.43. The van der Waals surface area contributed by atoms with Crippen LogP contribution in [0, 0.1) is 0 Å². The van der Waals surface area contributed by atoms with Gasteiger partial charge < -0.3 is 19.8 Å². The molecule has 5 heteroatoms. The standard InChI is InChI=1S/C16H15NO4/c18-13-7-3-5-11(15(13)19)16(20)17-9-4-10-21-14-8-2-1-6-12(14)17/h1-3,5-8,18-19H,4,9-10H2. The number of carbonyl (C=O) groups excluding carboxylic acids is 1. The van der Waals surface area contributed by atoms with Crippen molar-refractivity contribution in [2.24, 2.45) is 0 Å². The van der Waals surface area contributed by atoms with Crippen molar-refractivity contribution >= 4 is 11.6 Å². The van der Waals surface area contributed by atoms with Gasteiger partial charge in [-0.3, -0.25) is 4.79 Å². The van der Waals surface area contributed by atoms with E-state index in [1.165, 1.54) is 18.2 Å². The molecule has 0 radical (unpaired) electrons. The normalized spacial score (nSPS) is 14.0. The van der Waals surface area contributed by atoms with Crippen LogP contribution in [0.5, 0.6) is 17.2 Å². The van der Waals surface area contributed by atoms with Crippen LogP contribution >= 0.6 is 0 Å². The molecule has 1 heterocycles. The Labute approximate surface area is 122 Å². The largest absolute Gasteiger partial charge is 0.504 e. The maximum Gasteiger partial charge on any atom is 0.262 e. The molecule has 1 aliphatic heterocycles. The summed E-state index contributed by atoms with van der Waals surface area (Å²) in [5, 5.41) is 19.4. The fourth-order valence-electron chi connectivity index (χ4n) is 2.39. The van der Waals surface area contributed by atoms with Gasteiger partial charge in [0.25, 0.3) is 5.91 Å². The van der Waals surface area contributed by atoms with E-state index in [0.29, 0.717) is 31.0 Å². The molecule has 0 aliphatic carbocycles. The van der Waals surface area contributed by atoms with Gasteiger partial charge >= 0.3 is 0 Å². The van der Waals surface area contributed by atoms with Gasteiger partial charge in [0.2, 0.25) is 0 Å². The van der Waals surface area contributed by atoms with Gasteiger partial charge in [-0.05, 0) is 30.7 Å². The molecular formula is C16H15NO4. The van der Waals surface area contributed by atoms with Crippen molar-refractivity contribution in [1.82, 2.24) is 0 Å². The predicted octanol–water partition coefficient (Wildman–Crippen LogP) is 2.53. The number of hydrogen-bond acceptors (Lipinski definition) is 4. The molecule has 5 nitrogen and oxygen atoms in total. The van der Waals surface area contributed by atoms with Crippen LogP contribution in [0.15, 0.2) is 42.5 Å². The highest BCUT2D eigenvalue weighted by molar-refractivity contribution is 6.09. The van der Waals surface area contributed by atoms with Gasteiger partial charge in [-0.15, -0.1) is 0 Å². The van der Waals surface area contributed by atoms with Gasteiger partial charge in [-0.1, -0.05) is 18.2 Å². The number of fused-ring (bicyclic) bond motifs is 1. The van der Waals surface area contributed by atoms with Crippen LogP contribution in [0.2, 0.25) is 0 Å². The Balaban J connectivity index is 2.03. The molecule has 21 heavy (non-hydrogen) atoms. The average Bonchev–Trinajstić information content (AvgIpc) is 2.72. The van der Waals surface area contributed by atoms with Gasteiger partial charge in [-0.2, -0.15) is 0 Å². The van der Waals surface area contributed by atoms with Crippen LogP contribution in [-0.4, -0.2) is 29.3 Å². The number of carbonyl (C=O) groups is 1. The fourth-order valence-corrected chi connectivity index (χ4v) is 2.39. The smallest absolute Gasteiger partial charge is 0.262 e. The quantitative estimate of drug-likeness (QED) is 0.790. The molecule has 108 valence electrons. The second-order valence-corrected chi connectivity index (χ2v) is 4.80. The number of aromatic hydroxyl groups is 2. The van der Waals surface area contributed by atoms with Gasteiger partial charge in [0.1, 0.15) is 5.75 Å². The van der Waals surface area contributed by atoms with E-state index in [0.717, 1.165) is 0 Å². The predicted molar refractivity (Wildman–Crippen MR) is 78.0 cm³/mol. The van der Waals surface area contributed by atoms with Gasteiger partial charge in [-0.25, -0.2) is 0 Å². The van der Waals surface area contributed by atoms with E-state index < -0.39 is 5.75 Å². The summed E-state index contributed by atoms with van der Waals surface area (Å²) in [5.41, 5.74) is 0.745. The van der Waals surface area contributed by atoms with Crippen LogP contribution in [-0.2, 0) is 0 Å². The molecule has 3 rings (SSSR count). The van der Waals surface area contributed by atoms with E-state index in [2.05, 4.69) is 0 Å². The zero-order valence-electron chi connectivity index (χ0n) is 11.3. The summed E-state index contributed by atoms with van der Waals surface area (Å²) in [4.78, 5) is 14.3. The maximum atomic E-state index is 12.7. The molecule has 0 spiro atoms. The third kappa shape index (κ3) is 2.38.